The Morgan fingerprint density at radius 3 is 2.37 bits per heavy atom. The van der Waals surface area contributed by atoms with Crippen molar-refractivity contribution in [3.63, 3.8) is 0 Å². The highest BCUT2D eigenvalue weighted by atomic mass is 35.5. The third-order valence-corrected chi connectivity index (χ3v) is 6.43. The van der Waals surface area contributed by atoms with Crippen LogP contribution in [0.3, 0.4) is 0 Å². The molecule has 2 N–H and O–H groups in total. The monoisotopic (exact) mass is 442 g/mol. The van der Waals surface area contributed by atoms with Crippen molar-refractivity contribution in [1.82, 2.24) is 5.32 Å². The van der Waals surface area contributed by atoms with Crippen LogP contribution in [-0.4, -0.2) is 14.3 Å². The molecule has 3 rings (SSSR count). The first-order valence-electron chi connectivity index (χ1n) is 9.55. The first-order valence-corrected chi connectivity index (χ1v) is 11.4. The fourth-order valence-electron chi connectivity index (χ4n) is 3.17. The summed E-state index contributed by atoms with van der Waals surface area (Å²) >= 11 is 5.83. The Labute approximate surface area is 182 Å². The molecule has 0 aliphatic carbocycles. The number of sulfonamides is 1. The molecule has 0 fully saturated rings. The number of amides is 1. The van der Waals surface area contributed by atoms with Crippen LogP contribution in [-0.2, 0) is 10.0 Å². The summed E-state index contributed by atoms with van der Waals surface area (Å²) in [4.78, 5) is 12.9. The van der Waals surface area contributed by atoms with Gasteiger partial charge in [0, 0.05) is 16.3 Å². The summed E-state index contributed by atoms with van der Waals surface area (Å²) < 4.78 is 27.7. The summed E-state index contributed by atoms with van der Waals surface area (Å²) in [7, 11) is -3.79. The van der Waals surface area contributed by atoms with Crippen molar-refractivity contribution in [3.05, 3.63) is 94.5 Å². The molecule has 0 heterocycles. The highest BCUT2D eigenvalue weighted by Gasteiger charge is 2.18. The van der Waals surface area contributed by atoms with E-state index in [1.807, 2.05) is 38.1 Å². The molecule has 0 aliphatic heterocycles. The van der Waals surface area contributed by atoms with Crippen molar-refractivity contribution in [1.29, 1.82) is 0 Å². The number of anilines is 1. The number of benzene rings is 3. The fourth-order valence-corrected chi connectivity index (χ4v) is 4.35. The Balaban J connectivity index is 1.78. The topological polar surface area (TPSA) is 75.3 Å². The molecule has 0 saturated heterocycles. The van der Waals surface area contributed by atoms with Crippen LogP contribution in [0.15, 0.2) is 77.7 Å². The molecule has 1 unspecified atom stereocenters. The largest absolute Gasteiger partial charge is 0.345 e. The number of rotatable bonds is 7. The van der Waals surface area contributed by atoms with Gasteiger partial charge in [0.25, 0.3) is 15.9 Å². The Bertz CT molecular complexity index is 1150. The van der Waals surface area contributed by atoms with E-state index in [4.69, 9.17) is 11.6 Å². The Morgan fingerprint density at radius 2 is 1.70 bits per heavy atom. The standard InChI is InChI=1S/C23H23ClN2O3S/c1-3-22(21-10-5-4-7-16(21)2)25-23(27)17-8-6-9-19(15-17)26-30(28,29)20-13-11-18(24)12-14-20/h4-15,22,26H,3H2,1-2H3,(H,25,27). The predicted octanol–water partition coefficient (Wildman–Crippen LogP) is 5.33. The molecule has 3 aromatic carbocycles. The number of hydrogen-bond donors (Lipinski definition) is 2. The van der Waals surface area contributed by atoms with Crippen molar-refractivity contribution in [3.8, 4) is 0 Å². The van der Waals surface area contributed by atoms with Crippen LogP contribution in [0.2, 0.25) is 5.02 Å². The molecular formula is C23H23ClN2O3S. The van der Waals surface area contributed by atoms with Crippen LogP contribution in [0, 0.1) is 6.92 Å². The van der Waals surface area contributed by atoms with Crippen LogP contribution < -0.4 is 10.0 Å². The molecule has 0 bridgehead atoms. The fraction of sp³-hybridized carbons (Fsp3) is 0.174. The van der Waals surface area contributed by atoms with Gasteiger partial charge >= 0.3 is 0 Å². The van der Waals surface area contributed by atoms with Gasteiger partial charge in [0.2, 0.25) is 0 Å². The van der Waals surface area contributed by atoms with Crippen LogP contribution in [0.1, 0.15) is 40.9 Å². The molecule has 0 saturated carbocycles. The van der Waals surface area contributed by atoms with E-state index in [2.05, 4.69) is 10.0 Å². The molecule has 0 aliphatic rings. The van der Waals surface area contributed by atoms with Crippen molar-refractivity contribution < 1.29 is 13.2 Å². The minimum atomic E-state index is -3.79. The molecule has 0 radical (unpaired) electrons. The second-order valence-electron chi connectivity index (χ2n) is 6.93. The van der Waals surface area contributed by atoms with Gasteiger partial charge in [-0.25, -0.2) is 8.42 Å². The van der Waals surface area contributed by atoms with Crippen LogP contribution in [0.5, 0.6) is 0 Å². The van der Waals surface area contributed by atoms with Crippen LogP contribution >= 0.6 is 11.6 Å². The molecular weight excluding hydrogens is 420 g/mol. The molecule has 30 heavy (non-hydrogen) atoms. The van der Waals surface area contributed by atoms with E-state index in [9.17, 15) is 13.2 Å². The van der Waals surface area contributed by atoms with E-state index in [1.165, 1.54) is 30.3 Å². The summed E-state index contributed by atoms with van der Waals surface area (Å²) in [6, 6.07) is 20.1. The lowest BCUT2D eigenvalue weighted by molar-refractivity contribution is 0.0935. The summed E-state index contributed by atoms with van der Waals surface area (Å²) in [5.41, 5.74) is 2.85. The maximum absolute atomic E-state index is 12.8. The first-order chi connectivity index (χ1) is 14.3. The number of carbonyl (C=O) groups is 1. The molecule has 7 heteroatoms. The first kappa shape index (κ1) is 21.9. The summed E-state index contributed by atoms with van der Waals surface area (Å²) in [5.74, 6) is -0.266. The summed E-state index contributed by atoms with van der Waals surface area (Å²) in [5, 5.41) is 3.49. The zero-order chi connectivity index (χ0) is 21.7. The van der Waals surface area contributed by atoms with Gasteiger partial charge in [-0.3, -0.25) is 9.52 Å². The van der Waals surface area contributed by atoms with Gasteiger partial charge in [0.1, 0.15) is 0 Å². The molecule has 1 amide bonds. The minimum Gasteiger partial charge on any atom is -0.345 e. The van der Waals surface area contributed by atoms with E-state index in [1.54, 1.807) is 18.2 Å². The average molecular weight is 443 g/mol. The quantitative estimate of drug-likeness (QED) is 0.519. The third-order valence-electron chi connectivity index (χ3n) is 4.78. The highest BCUT2D eigenvalue weighted by molar-refractivity contribution is 7.92. The number of nitrogens with one attached hydrogen (secondary N) is 2. The van der Waals surface area contributed by atoms with Gasteiger partial charge in [-0.05, 0) is 66.9 Å². The van der Waals surface area contributed by atoms with E-state index in [-0.39, 0.29) is 16.8 Å². The Morgan fingerprint density at radius 1 is 1.00 bits per heavy atom. The van der Waals surface area contributed by atoms with E-state index in [0.717, 1.165) is 17.5 Å². The van der Waals surface area contributed by atoms with Gasteiger partial charge in [-0.1, -0.05) is 48.9 Å². The lowest BCUT2D eigenvalue weighted by atomic mass is 9.99. The zero-order valence-corrected chi connectivity index (χ0v) is 18.3. The molecule has 0 spiro atoms. The lowest BCUT2D eigenvalue weighted by Crippen LogP contribution is -2.28. The van der Waals surface area contributed by atoms with Gasteiger partial charge in [0.05, 0.1) is 10.9 Å². The second kappa shape index (κ2) is 9.32. The van der Waals surface area contributed by atoms with Gasteiger partial charge < -0.3 is 5.32 Å². The SMILES string of the molecule is CCC(NC(=O)c1cccc(NS(=O)(=O)c2ccc(Cl)cc2)c1)c1ccccc1C. The highest BCUT2D eigenvalue weighted by Crippen LogP contribution is 2.22. The van der Waals surface area contributed by atoms with Crippen molar-refractivity contribution in [2.75, 3.05) is 4.72 Å². The van der Waals surface area contributed by atoms with Gasteiger partial charge in [-0.2, -0.15) is 0 Å². The van der Waals surface area contributed by atoms with E-state index >= 15 is 0 Å². The summed E-state index contributed by atoms with van der Waals surface area (Å²) in [6.45, 7) is 4.02. The zero-order valence-electron chi connectivity index (χ0n) is 16.7. The minimum absolute atomic E-state index is 0.0901. The van der Waals surface area contributed by atoms with E-state index in [0.29, 0.717) is 16.3 Å². The Hall–Kier alpha value is -2.83. The average Bonchev–Trinajstić information content (AvgIpc) is 2.72. The molecule has 3 aromatic rings. The maximum Gasteiger partial charge on any atom is 0.261 e. The van der Waals surface area contributed by atoms with Crippen molar-refractivity contribution in [2.24, 2.45) is 0 Å². The second-order valence-corrected chi connectivity index (χ2v) is 9.05. The summed E-state index contributed by atoms with van der Waals surface area (Å²) in [6.07, 6.45) is 0.736. The number of hydrogen-bond acceptors (Lipinski definition) is 3. The van der Waals surface area contributed by atoms with Gasteiger partial charge in [-0.15, -0.1) is 0 Å². The van der Waals surface area contributed by atoms with Crippen LogP contribution in [0.4, 0.5) is 5.69 Å². The predicted molar refractivity (Wildman–Crippen MR) is 120 cm³/mol. The van der Waals surface area contributed by atoms with Crippen molar-refractivity contribution in [2.45, 2.75) is 31.2 Å². The normalized spacial score (nSPS) is 12.2. The molecule has 5 nitrogen and oxygen atoms in total. The van der Waals surface area contributed by atoms with Gasteiger partial charge in [0.15, 0.2) is 0 Å². The van der Waals surface area contributed by atoms with Crippen LogP contribution in [0.25, 0.3) is 0 Å². The number of halogens is 1. The Kier molecular flexibility index (Phi) is 6.80. The molecule has 156 valence electrons. The smallest absolute Gasteiger partial charge is 0.261 e. The molecule has 0 aromatic heterocycles. The van der Waals surface area contributed by atoms with E-state index < -0.39 is 10.0 Å². The number of aryl methyl sites for hydroxylation is 1. The van der Waals surface area contributed by atoms with Crippen molar-refractivity contribution >= 4 is 33.2 Å². The lowest BCUT2D eigenvalue weighted by Gasteiger charge is -2.20. The maximum atomic E-state index is 12.8. The number of carbonyl (C=O) groups excluding carboxylic acids is 1. The molecule has 1 atom stereocenters. The third kappa shape index (κ3) is 5.20.